The van der Waals surface area contributed by atoms with Crippen LogP contribution in [0.2, 0.25) is 0 Å². The lowest BCUT2D eigenvalue weighted by Crippen LogP contribution is -2.46. The summed E-state index contributed by atoms with van der Waals surface area (Å²) in [5.41, 5.74) is 2.24. The summed E-state index contributed by atoms with van der Waals surface area (Å²) >= 11 is 0. The van der Waals surface area contributed by atoms with Crippen molar-refractivity contribution in [3.63, 3.8) is 0 Å². The van der Waals surface area contributed by atoms with Crippen LogP contribution in [0.4, 0.5) is 26.2 Å². The molecule has 0 atom stereocenters. The summed E-state index contributed by atoms with van der Waals surface area (Å²) < 4.78 is 12.9. The third kappa shape index (κ3) is 4.72. The van der Waals surface area contributed by atoms with Crippen molar-refractivity contribution in [1.29, 1.82) is 0 Å². The number of aryl methyl sites for hydroxylation is 1. The second-order valence-electron chi connectivity index (χ2n) is 6.59. The second kappa shape index (κ2) is 8.03. The average Bonchev–Trinajstić information content (AvgIpc) is 2.64. The summed E-state index contributed by atoms with van der Waals surface area (Å²) in [6.45, 7) is 3.23. The topological polar surface area (TPSA) is 87.5 Å². The number of benzene rings is 2. The van der Waals surface area contributed by atoms with Crippen LogP contribution in [0.15, 0.2) is 42.5 Å². The normalized spacial score (nSPS) is 14.7. The number of anilines is 2. The van der Waals surface area contributed by atoms with Crippen LogP contribution in [0.25, 0.3) is 0 Å². The lowest BCUT2D eigenvalue weighted by atomic mass is 10.0. The number of halogens is 1. The van der Waals surface area contributed by atoms with Crippen LogP contribution in [0.3, 0.4) is 0 Å². The van der Waals surface area contributed by atoms with Crippen LogP contribution < -0.4 is 15.5 Å². The minimum absolute atomic E-state index is 0.0424. The molecule has 0 aromatic heterocycles. The third-order valence-corrected chi connectivity index (χ3v) is 4.67. The third-order valence-electron chi connectivity index (χ3n) is 4.67. The largest absolute Gasteiger partial charge is 0.371 e. The molecule has 0 saturated carbocycles. The van der Waals surface area contributed by atoms with Gasteiger partial charge in [-0.1, -0.05) is 0 Å². The van der Waals surface area contributed by atoms with Crippen LogP contribution in [0.5, 0.6) is 0 Å². The summed E-state index contributed by atoms with van der Waals surface area (Å²) in [4.78, 5) is 24.8. The first-order valence-corrected chi connectivity index (χ1v) is 8.75. The Hall–Kier alpha value is -3.16. The molecule has 2 aromatic rings. The van der Waals surface area contributed by atoms with Crippen molar-refractivity contribution in [1.82, 2.24) is 5.32 Å². The van der Waals surface area contributed by atoms with E-state index < -0.39 is 0 Å². The van der Waals surface area contributed by atoms with E-state index in [0.29, 0.717) is 11.3 Å². The van der Waals surface area contributed by atoms with Crippen molar-refractivity contribution in [2.75, 3.05) is 23.3 Å². The zero-order valence-corrected chi connectivity index (χ0v) is 14.9. The molecule has 7 nitrogen and oxygen atoms in total. The molecule has 8 heteroatoms. The predicted molar refractivity (Wildman–Crippen MR) is 102 cm³/mol. The molecule has 0 aliphatic carbocycles. The SMILES string of the molecule is Cc1cc(N2CCC(NC(=O)Nc3ccc(F)cc3)CC2)ccc1[N+](=O)[O-]. The van der Waals surface area contributed by atoms with Gasteiger partial charge < -0.3 is 15.5 Å². The van der Waals surface area contributed by atoms with Crippen LogP contribution in [0, 0.1) is 22.9 Å². The molecule has 1 aliphatic rings. The quantitative estimate of drug-likeness (QED) is 0.631. The highest BCUT2D eigenvalue weighted by Gasteiger charge is 2.22. The Morgan fingerprint density at radius 1 is 1.19 bits per heavy atom. The minimum Gasteiger partial charge on any atom is -0.371 e. The lowest BCUT2D eigenvalue weighted by molar-refractivity contribution is -0.385. The van der Waals surface area contributed by atoms with E-state index in [1.165, 1.54) is 30.3 Å². The molecule has 0 spiro atoms. The maximum absolute atomic E-state index is 12.9. The Bertz CT molecular complexity index is 833. The van der Waals surface area contributed by atoms with Gasteiger partial charge in [0.1, 0.15) is 5.82 Å². The van der Waals surface area contributed by atoms with Crippen LogP contribution in [0.1, 0.15) is 18.4 Å². The minimum atomic E-state index is -0.380. The van der Waals surface area contributed by atoms with Gasteiger partial charge >= 0.3 is 6.03 Å². The number of hydrogen-bond acceptors (Lipinski definition) is 4. The van der Waals surface area contributed by atoms with Gasteiger partial charge in [-0.25, -0.2) is 9.18 Å². The number of carbonyl (C=O) groups is 1. The standard InChI is InChI=1S/C19H21FN4O3/c1-13-12-17(6-7-18(13)24(26)27)23-10-8-16(9-11-23)22-19(25)21-15-4-2-14(20)3-5-15/h2-7,12,16H,8-11H2,1H3,(H2,21,22,25). The molecule has 2 aromatic carbocycles. The number of rotatable bonds is 4. The molecule has 142 valence electrons. The molecule has 1 heterocycles. The smallest absolute Gasteiger partial charge is 0.319 e. The van der Waals surface area contributed by atoms with Crippen molar-refractivity contribution in [2.45, 2.75) is 25.8 Å². The summed E-state index contributed by atoms with van der Waals surface area (Å²) in [5, 5.41) is 16.5. The van der Waals surface area contributed by atoms with Crippen molar-refractivity contribution >= 4 is 23.1 Å². The van der Waals surface area contributed by atoms with Gasteiger partial charge in [-0.15, -0.1) is 0 Å². The molecular formula is C19H21FN4O3. The van der Waals surface area contributed by atoms with E-state index in [1.54, 1.807) is 13.0 Å². The zero-order valence-electron chi connectivity index (χ0n) is 14.9. The number of carbonyl (C=O) groups excluding carboxylic acids is 1. The molecule has 0 unspecified atom stereocenters. The van der Waals surface area contributed by atoms with Crippen LogP contribution in [-0.4, -0.2) is 30.1 Å². The Kier molecular flexibility index (Phi) is 5.54. The number of nitro benzene ring substituents is 1. The molecular weight excluding hydrogens is 351 g/mol. The van der Waals surface area contributed by atoms with Gasteiger partial charge in [0.2, 0.25) is 0 Å². The molecule has 0 bridgehead atoms. The first kappa shape index (κ1) is 18.6. The van der Waals surface area contributed by atoms with Gasteiger partial charge in [-0.05, 0) is 56.2 Å². The lowest BCUT2D eigenvalue weighted by Gasteiger charge is -2.34. The highest BCUT2D eigenvalue weighted by molar-refractivity contribution is 5.89. The first-order valence-electron chi connectivity index (χ1n) is 8.75. The maximum atomic E-state index is 12.9. The van der Waals surface area contributed by atoms with Gasteiger partial charge in [0.25, 0.3) is 5.69 Å². The van der Waals surface area contributed by atoms with E-state index >= 15 is 0 Å². The van der Waals surface area contributed by atoms with Gasteiger partial charge in [0.05, 0.1) is 4.92 Å². The van der Waals surface area contributed by atoms with Crippen molar-refractivity contribution in [3.8, 4) is 0 Å². The highest BCUT2D eigenvalue weighted by Crippen LogP contribution is 2.26. The molecule has 1 saturated heterocycles. The van der Waals surface area contributed by atoms with Crippen LogP contribution in [-0.2, 0) is 0 Å². The summed E-state index contributed by atoms with van der Waals surface area (Å²) in [6.07, 6.45) is 1.54. The number of amides is 2. The fourth-order valence-electron chi connectivity index (χ4n) is 3.21. The number of hydrogen-bond donors (Lipinski definition) is 2. The molecule has 0 radical (unpaired) electrons. The Balaban J connectivity index is 1.51. The number of nitro groups is 1. The number of piperidine rings is 1. The molecule has 2 N–H and O–H groups in total. The van der Waals surface area contributed by atoms with Crippen molar-refractivity contribution < 1.29 is 14.1 Å². The number of nitrogens with one attached hydrogen (secondary N) is 2. The molecule has 2 amide bonds. The maximum Gasteiger partial charge on any atom is 0.319 e. The van der Waals surface area contributed by atoms with Gasteiger partial charge in [-0.2, -0.15) is 0 Å². The number of nitrogens with zero attached hydrogens (tertiary/aromatic N) is 2. The molecule has 1 aliphatic heterocycles. The Morgan fingerprint density at radius 2 is 1.85 bits per heavy atom. The fraction of sp³-hybridized carbons (Fsp3) is 0.316. The summed E-state index contributed by atoms with van der Waals surface area (Å²) in [5.74, 6) is -0.352. The monoisotopic (exact) mass is 372 g/mol. The van der Waals surface area contributed by atoms with E-state index in [0.717, 1.165) is 31.6 Å². The molecule has 1 fully saturated rings. The van der Waals surface area contributed by atoms with Gasteiger partial charge in [-0.3, -0.25) is 10.1 Å². The second-order valence-corrected chi connectivity index (χ2v) is 6.59. The predicted octanol–water partition coefficient (Wildman–Crippen LogP) is 3.83. The number of urea groups is 1. The van der Waals surface area contributed by atoms with Gasteiger partial charge in [0, 0.05) is 42.1 Å². The van der Waals surface area contributed by atoms with Crippen LogP contribution >= 0.6 is 0 Å². The van der Waals surface area contributed by atoms with Gasteiger partial charge in [0.15, 0.2) is 0 Å². The summed E-state index contributed by atoms with van der Waals surface area (Å²) in [7, 11) is 0. The summed E-state index contributed by atoms with van der Waals surface area (Å²) in [6, 6.07) is 10.5. The highest BCUT2D eigenvalue weighted by atomic mass is 19.1. The zero-order chi connectivity index (χ0) is 19.4. The van der Waals surface area contributed by atoms with E-state index in [9.17, 15) is 19.3 Å². The van der Waals surface area contributed by atoms with E-state index in [4.69, 9.17) is 0 Å². The van der Waals surface area contributed by atoms with Crippen molar-refractivity contribution in [3.05, 3.63) is 64.0 Å². The fourth-order valence-corrected chi connectivity index (χ4v) is 3.21. The van der Waals surface area contributed by atoms with Crippen molar-refractivity contribution in [2.24, 2.45) is 0 Å². The average molecular weight is 372 g/mol. The van der Waals surface area contributed by atoms with E-state index in [1.807, 2.05) is 6.07 Å². The Labute approximate surface area is 156 Å². The Morgan fingerprint density at radius 3 is 2.44 bits per heavy atom. The first-order chi connectivity index (χ1) is 12.9. The van der Waals surface area contributed by atoms with E-state index in [2.05, 4.69) is 15.5 Å². The molecule has 3 rings (SSSR count). The molecule has 27 heavy (non-hydrogen) atoms. The van der Waals surface area contributed by atoms with E-state index in [-0.39, 0.29) is 28.5 Å².